The first-order valence-corrected chi connectivity index (χ1v) is 6.17. The van der Waals surface area contributed by atoms with E-state index >= 15 is 0 Å². The molecule has 0 spiro atoms. The molecule has 92 valence electrons. The van der Waals surface area contributed by atoms with E-state index in [2.05, 4.69) is 4.98 Å². The van der Waals surface area contributed by atoms with Gasteiger partial charge in [-0.3, -0.25) is 0 Å². The van der Waals surface area contributed by atoms with Crippen molar-refractivity contribution in [2.75, 3.05) is 5.73 Å². The summed E-state index contributed by atoms with van der Waals surface area (Å²) in [6.45, 7) is 0.389. The Hall–Kier alpha value is -1.95. The third kappa shape index (κ3) is 1.65. The molecule has 0 aliphatic carbocycles. The first-order valence-electron chi connectivity index (χ1n) is 5.29. The second kappa shape index (κ2) is 4.06. The minimum Gasteiger partial charge on any atom is -0.369 e. The number of thiophene rings is 1. The van der Waals surface area contributed by atoms with Crippen LogP contribution in [0.4, 0.5) is 14.7 Å². The molecule has 1 aromatic carbocycles. The molecule has 0 atom stereocenters. The van der Waals surface area contributed by atoms with Gasteiger partial charge in [0, 0.05) is 4.88 Å². The average Bonchev–Trinajstić information content (AvgIpc) is 2.94. The van der Waals surface area contributed by atoms with Crippen LogP contribution in [0.2, 0.25) is 0 Å². The zero-order valence-electron chi connectivity index (χ0n) is 9.23. The van der Waals surface area contributed by atoms with E-state index in [9.17, 15) is 8.78 Å². The number of hydrogen-bond donors (Lipinski definition) is 1. The van der Waals surface area contributed by atoms with E-state index in [4.69, 9.17) is 5.73 Å². The van der Waals surface area contributed by atoms with Gasteiger partial charge >= 0.3 is 0 Å². The van der Waals surface area contributed by atoms with Gasteiger partial charge < -0.3 is 10.3 Å². The zero-order valence-corrected chi connectivity index (χ0v) is 10.0. The number of fused-ring (bicyclic) bond motifs is 1. The Labute approximate surface area is 105 Å². The van der Waals surface area contributed by atoms with Gasteiger partial charge in [0.25, 0.3) is 0 Å². The molecule has 3 nitrogen and oxygen atoms in total. The molecule has 0 saturated heterocycles. The molecule has 3 aromatic rings. The van der Waals surface area contributed by atoms with Gasteiger partial charge in [-0.2, -0.15) is 0 Å². The topological polar surface area (TPSA) is 43.8 Å². The largest absolute Gasteiger partial charge is 0.369 e. The molecule has 0 bridgehead atoms. The molecular formula is C12H9F2N3S. The first kappa shape index (κ1) is 11.2. The van der Waals surface area contributed by atoms with Gasteiger partial charge in [0.2, 0.25) is 5.95 Å². The quantitative estimate of drug-likeness (QED) is 0.774. The second-order valence-corrected chi connectivity index (χ2v) is 4.90. The van der Waals surface area contributed by atoms with Crippen molar-refractivity contribution in [1.29, 1.82) is 0 Å². The summed E-state index contributed by atoms with van der Waals surface area (Å²) < 4.78 is 28.6. The molecule has 2 heterocycles. The average molecular weight is 265 g/mol. The van der Waals surface area contributed by atoms with Crippen molar-refractivity contribution >= 4 is 28.3 Å². The van der Waals surface area contributed by atoms with Crippen molar-refractivity contribution in [3.8, 4) is 0 Å². The third-order valence-corrected chi connectivity index (χ3v) is 3.58. The SMILES string of the molecule is Nc1nc2ccc(F)c(F)c2n1Cc1cccs1. The fraction of sp³-hybridized carbons (Fsp3) is 0.0833. The second-order valence-electron chi connectivity index (χ2n) is 3.86. The summed E-state index contributed by atoms with van der Waals surface area (Å²) in [5.74, 6) is -1.62. The smallest absolute Gasteiger partial charge is 0.201 e. The van der Waals surface area contributed by atoms with Crippen molar-refractivity contribution in [1.82, 2.24) is 9.55 Å². The Kier molecular flexibility index (Phi) is 2.52. The van der Waals surface area contributed by atoms with E-state index < -0.39 is 11.6 Å². The molecule has 0 fully saturated rings. The highest BCUT2D eigenvalue weighted by atomic mass is 32.1. The number of halogens is 2. The van der Waals surface area contributed by atoms with Crippen molar-refractivity contribution in [3.05, 3.63) is 46.2 Å². The van der Waals surface area contributed by atoms with Gasteiger partial charge in [-0.25, -0.2) is 13.8 Å². The Morgan fingerprint density at radius 1 is 1.28 bits per heavy atom. The summed E-state index contributed by atoms with van der Waals surface area (Å²) in [7, 11) is 0. The standard InChI is InChI=1S/C12H9F2N3S/c13-8-3-4-9-11(10(8)14)17(12(15)16-9)6-7-2-1-5-18-7/h1-5H,6H2,(H2,15,16). The molecule has 0 unspecified atom stereocenters. The number of nitrogen functional groups attached to an aromatic ring is 1. The molecule has 18 heavy (non-hydrogen) atoms. The number of imidazole rings is 1. The van der Waals surface area contributed by atoms with Crippen LogP contribution in [-0.2, 0) is 6.54 Å². The van der Waals surface area contributed by atoms with Crippen LogP contribution in [0.25, 0.3) is 11.0 Å². The van der Waals surface area contributed by atoms with Crippen molar-refractivity contribution < 1.29 is 8.78 Å². The van der Waals surface area contributed by atoms with Gasteiger partial charge in [-0.15, -0.1) is 11.3 Å². The van der Waals surface area contributed by atoms with Crippen LogP contribution in [0.15, 0.2) is 29.6 Å². The normalized spacial score (nSPS) is 11.2. The van der Waals surface area contributed by atoms with Gasteiger partial charge in [0.1, 0.15) is 5.52 Å². The molecule has 6 heteroatoms. The highest BCUT2D eigenvalue weighted by Crippen LogP contribution is 2.24. The summed E-state index contributed by atoms with van der Waals surface area (Å²) in [6, 6.07) is 6.29. The highest BCUT2D eigenvalue weighted by Gasteiger charge is 2.16. The van der Waals surface area contributed by atoms with E-state index in [0.717, 1.165) is 10.9 Å². The van der Waals surface area contributed by atoms with E-state index in [0.29, 0.717) is 12.1 Å². The van der Waals surface area contributed by atoms with E-state index in [-0.39, 0.29) is 11.5 Å². The molecule has 2 N–H and O–H groups in total. The monoisotopic (exact) mass is 265 g/mol. The summed E-state index contributed by atoms with van der Waals surface area (Å²) in [5.41, 5.74) is 6.23. The highest BCUT2D eigenvalue weighted by molar-refractivity contribution is 7.09. The van der Waals surface area contributed by atoms with Gasteiger partial charge in [0.05, 0.1) is 12.1 Å². The number of hydrogen-bond acceptors (Lipinski definition) is 3. The number of rotatable bonds is 2. The van der Waals surface area contributed by atoms with Gasteiger partial charge in [-0.1, -0.05) is 6.07 Å². The predicted molar refractivity (Wildman–Crippen MR) is 67.5 cm³/mol. The Morgan fingerprint density at radius 2 is 2.11 bits per heavy atom. The minimum absolute atomic E-state index is 0.112. The Balaban J connectivity index is 2.21. The molecule has 0 amide bonds. The van der Waals surface area contributed by atoms with Crippen LogP contribution < -0.4 is 5.73 Å². The van der Waals surface area contributed by atoms with Crippen LogP contribution in [0.1, 0.15) is 4.88 Å². The number of nitrogens with two attached hydrogens (primary N) is 1. The third-order valence-electron chi connectivity index (χ3n) is 2.72. The molecular weight excluding hydrogens is 256 g/mol. The fourth-order valence-corrected chi connectivity index (χ4v) is 2.59. The van der Waals surface area contributed by atoms with E-state index in [1.54, 1.807) is 0 Å². The van der Waals surface area contributed by atoms with Gasteiger partial charge in [-0.05, 0) is 23.6 Å². The van der Waals surface area contributed by atoms with E-state index in [1.165, 1.54) is 22.0 Å². The lowest BCUT2D eigenvalue weighted by molar-refractivity contribution is 0.512. The number of nitrogens with zero attached hydrogens (tertiary/aromatic N) is 2. The maximum Gasteiger partial charge on any atom is 0.201 e. The maximum atomic E-state index is 13.8. The summed E-state index contributed by atoms with van der Waals surface area (Å²) in [5, 5.41) is 1.92. The lowest BCUT2D eigenvalue weighted by Crippen LogP contribution is -2.04. The predicted octanol–water partition coefficient (Wildman–Crippen LogP) is 3.01. The maximum absolute atomic E-state index is 13.8. The summed E-state index contributed by atoms with van der Waals surface area (Å²) >= 11 is 1.53. The minimum atomic E-state index is -0.909. The molecule has 0 radical (unpaired) electrons. The van der Waals surface area contributed by atoms with Crippen LogP contribution in [-0.4, -0.2) is 9.55 Å². The van der Waals surface area contributed by atoms with Crippen molar-refractivity contribution in [2.45, 2.75) is 6.54 Å². The first-order chi connectivity index (χ1) is 8.66. The number of aromatic nitrogens is 2. The van der Waals surface area contributed by atoms with Crippen molar-refractivity contribution in [3.63, 3.8) is 0 Å². The Morgan fingerprint density at radius 3 is 2.83 bits per heavy atom. The zero-order chi connectivity index (χ0) is 12.7. The van der Waals surface area contributed by atoms with E-state index in [1.807, 2.05) is 17.5 Å². The summed E-state index contributed by atoms with van der Waals surface area (Å²) in [4.78, 5) is 5.04. The van der Waals surface area contributed by atoms with Crippen LogP contribution in [0.3, 0.4) is 0 Å². The number of benzene rings is 1. The molecule has 3 rings (SSSR count). The summed E-state index contributed by atoms with van der Waals surface area (Å²) in [6.07, 6.45) is 0. The van der Waals surface area contributed by atoms with Crippen LogP contribution >= 0.6 is 11.3 Å². The number of anilines is 1. The Bertz CT molecular complexity index is 704. The molecule has 0 aliphatic rings. The molecule has 0 saturated carbocycles. The lowest BCUT2D eigenvalue weighted by Gasteiger charge is -2.05. The molecule has 0 aliphatic heterocycles. The van der Waals surface area contributed by atoms with Crippen LogP contribution in [0.5, 0.6) is 0 Å². The van der Waals surface area contributed by atoms with Crippen molar-refractivity contribution in [2.24, 2.45) is 0 Å². The van der Waals surface area contributed by atoms with Crippen LogP contribution in [0, 0.1) is 11.6 Å². The molecule has 2 aromatic heterocycles. The fourth-order valence-electron chi connectivity index (χ4n) is 1.89. The van der Waals surface area contributed by atoms with Gasteiger partial charge in [0.15, 0.2) is 11.6 Å². The lowest BCUT2D eigenvalue weighted by atomic mass is 10.3.